The van der Waals surface area contributed by atoms with E-state index in [0.717, 1.165) is 0 Å². The summed E-state index contributed by atoms with van der Waals surface area (Å²) in [5.74, 6) is 0. The largest absolute Gasteiger partial charge is 2.00 e. The van der Waals surface area contributed by atoms with Crippen molar-refractivity contribution in [3.63, 3.8) is 0 Å². The van der Waals surface area contributed by atoms with Crippen LogP contribution in [0.1, 0.15) is 26.7 Å². The van der Waals surface area contributed by atoms with E-state index in [0.29, 0.717) is 6.54 Å². The van der Waals surface area contributed by atoms with Gasteiger partial charge in [-0.25, -0.2) is 12.8 Å². The molecule has 3 heteroatoms. The topological polar surface area (TPSA) is 14.1 Å². The van der Waals surface area contributed by atoms with Crippen molar-refractivity contribution in [2.24, 2.45) is 0 Å². The molecule has 0 unspecified atom stereocenters. The van der Waals surface area contributed by atoms with Gasteiger partial charge in [0.1, 0.15) is 0 Å². The first-order valence-corrected chi connectivity index (χ1v) is 3.58. The molecule has 0 atom stereocenters. The molecule has 0 spiro atoms. The first-order chi connectivity index (χ1) is 4.41. The molecule has 65 valence electrons. The first-order valence-electron chi connectivity index (χ1n) is 3.58. The molecular weight excluding hydrogens is 399 g/mol. The van der Waals surface area contributed by atoms with Gasteiger partial charge in [0.2, 0.25) is 0 Å². The average molecular weight is 417 g/mol. The van der Waals surface area contributed by atoms with Crippen molar-refractivity contribution < 1.29 is 49.7 Å². The third-order valence-corrected chi connectivity index (χ3v) is 0.512. The predicted molar refractivity (Wildman–Crippen MR) is 44.4 cm³/mol. The number of rotatable bonds is 1. The van der Waals surface area contributed by atoms with E-state index in [1.807, 2.05) is 13.8 Å². The van der Waals surface area contributed by atoms with Crippen molar-refractivity contribution in [3.8, 4) is 0 Å². The fourth-order valence-corrected chi connectivity index (χ4v) is 0. The van der Waals surface area contributed by atoms with E-state index in [9.17, 15) is 0 Å². The fraction of sp³-hybridized carbons (Fsp3) is 0.750. The molecule has 0 aromatic carbocycles. The van der Waals surface area contributed by atoms with E-state index >= 15 is 0 Å². The fourth-order valence-electron chi connectivity index (χ4n) is 0. The second-order valence-electron chi connectivity index (χ2n) is 1.41. The Morgan fingerprint density at radius 2 is 1.55 bits per heavy atom. The molecule has 0 N–H and O–H groups in total. The summed E-state index contributed by atoms with van der Waals surface area (Å²) < 4.78 is 0. The van der Waals surface area contributed by atoms with Gasteiger partial charge in [0.25, 0.3) is 0 Å². The Balaban J connectivity index is -0.0000000320. The van der Waals surface area contributed by atoms with Gasteiger partial charge in [0.05, 0.1) is 0 Å². The second kappa shape index (κ2) is 29.9. The summed E-state index contributed by atoms with van der Waals surface area (Å²) >= 11 is 0. The molecule has 1 aliphatic carbocycles. The van der Waals surface area contributed by atoms with Crippen LogP contribution in [-0.2, 0) is 18.6 Å². The maximum Gasteiger partial charge on any atom is 2.00 e. The predicted octanol–water partition coefficient (Wildman–Crippen LogP) is 2.83. The number of nitrogens with zero attached hydrogens (tertiary/aromatic N) is 1. The van der Waals surface area contributed by atoms with Crippen LogP contribution < -0.4 is 0 Å². The summed E-state index contributed by atoms with van der Waals surface area (Å²) in [4.78, 5) is 0. The molecule has 0 heterocycles. The minimum Gasteiger partial charge on any atom is -0.691 e. The molecule has 1 fully saturated rings. The summed E-state index contributed by atoms with van der Waals surface area (Å²) in [6.07, 6.45) is 5.00. The van der Waals surface area contributed by atoms with Crippen LogP contribution in [0.3, 0.4) is 0 Å². The molecule has 1 aliphatic rings. The smallest absolute Gasteiger partial charge is 0.691 e. The van der Waals surface area contributed by atoms with Crippen molar-refractivity contribution in [1.29, 1.82) is 0 Å². The molecule has 0 amide bonds. The molecule has 0 aliphatic heterocycles. The molecule has 11 heavy (non-hydrogen) atoms. The van der Waals surface area contributed by atoms with E-state index in [1.165, 1.54) is 12.8 Å². The third kappa shape index (κ3) is 82.6. The number of hydrogen-bond donors (Lipinski definition) is 0. The Bertz CT molecular complexity index is 30.5. The van der Waals surface area contributed by atoms with Crippen LogP contribution in [0.4, 0.5) is 0 Å². The summed E-state index contributed by atoms with van der Waals surface area (Å²) in [7, 11) is 1.74. The van der Waals surface area contributed by atoms with E-state index in [1.54, 1.807) is 7.05 Å². The Hall–Kier alpha value is 1.60. The van der Waals surface area contributed by atoms with Crippen LogP contribution in [-0.4, -0.2) is 13.6 Å². The quantitative estimate of drug-likeness (QED) is 0.583. The van der Waals surface area contributed by atoms with Crippen molar-refractivity contribution in [1.82, 2.24) is 0 Å². The zero-order valence-corrected chi connectivity index (χ0v) is 13.4. The van der Waals surface area contributed by atoms with Gasteiger partial charge in [0, 0.05) is 31.1 Å². The van der Waals surface area contributed by atoms with Crippen LogP contribution in [0.5, 0.6) is 0 Å². The molecule has 0 aromatic heterocycles. The Morgan fingerprint density at radius 1 is 1.36 bits per heavy atom. The van der Waals surface area contributed by atoms with Gasteiger partial charge in [0.15, 0.2) is 0 Å². The normalized spacial score (nSPS) is 9.82. The first kappa shape index (κ1) is 22.9. The third-order valence-electron chi connectivity index (χ3n) is 0.512. The minimum absolute atomic E-state index is 0. The van der Waals surface area contributed by atoms with E-state index < -0.39 is 0 Å². The maximum absolute atomic E-state index is 3.62. The van der Waals surface area contributed by atoms with Crippen molar-refractivity contribution >= 4 is 0 Å². The molecular formula is C8H18NUV-. The Kier molecular flexibility index (Phi) is 62.4. The summed E-state index contributed by atoms with van der Waals surface area (Å²) in [6, 6.07) is 0. The summed E-state index contributed by atoms with van der Waals surface area (Å²) in [6.45, 7) is 8.13. The Labute approximate surface area is 108 Å². The zero-order chi connectivity index (χ0) is 7.54. The molecule has 0 aromatic rings. The van der Waals surface area contributed by atoms with Crippen LogP contribution in [0.15, 0.2) is 0 Å². The van der Waals surface area contributed by atoms with Gasteiger partial charge < -0.3 is 18.7 Å². The van der Waals surface area contributed by atoms with Crippen LogP contribution in [0.2, 0.25) is 0 Å². The van der Waals surface area contributed by atoms with Crippen molar-refractivity contribution in [3.05, 3.63) is 18.7 Å². The summed E-state index contributed by atoms with van der Waals surface area (Å²) in [5.41, 5.74) is 0. The minimum atomic E-state index is 0. The van der Waals surface area contributed by atoms with Crippen molar-refractivity contribution in [2.45, 2.75) is 26.7 Å². The van der Waals surface area contributed by atoms with Gasteiger partial charge in [-0.3, -0.25) is 6.54 Å². The van der Waals surface area contributed by atoms with Crippen LogP contribution in [0.25, 0.3) is 5.32 Å². The average Bonchev–Trinajstić information content (AvgIpc) is 2.77. The zero-order valence-electron chi connectivity index (χ0n) is 7.80. The van der Waals surface area contributed by atoms with Gasteiger partial charge in [-0.15, -0.1) is 0 Å². The van der Waals surface area contributed by atoms with Gasteiger partial charge in [-0.2, -0.15) is 7.05 Å². The van der Waals surface area contributed by atoms with E-state index in [4.69, 9.17) is 0 Å². The molecule has 1 radical (unpaired) electrons. The molecule has 0 bridgehead atoms. The molecule has 0 saturated heterocycles. The SMILES string of the molecule is CC.[CH-]1CC1.[CH2-]C[N-]C.[U].[V+2]. The second-order valence-corrected chi connectivity index (χ2v) is 1.41. The Morgan fingerprint density at radius 3 is 1.55 bits per heavy atom. The number of hydrogen-bond acceptors (Lipinski definition) is 0. The molecule has 1 nitrogen and oxygen atoms in total. The van der Waals surface area contributed by atoms with Gasteiger partial charge in [-0.05, 0) is 0 Å². The van der Waals surface area contributed by atoms with Gasteiger partial charge >= 0.3 is 18.6 Å². The maximum atomic E-state index is 3.62. The van der Waals surface area contributed by atoms with Crippen LogP contribution >= 0.6 is 0 Å². The molecule has 1 saturated carbocycles. The monoisotopic (exact) mass is 417 g/mol. The van der Waals surface area contributed by atoms with Crippen molar-refractivity contribution in [2.75, 3.05) is 13.6 Å². The van der Waals surface area contributed by atoms with E-state index in [-0.39, 0.29) is 49.7 Å². The summed E-state index contributed by atoms with van der Waals surface area (Å²) in [5, 5.41) is 3.62. The van der Waals surface area contributed by atoms with Crippen LogP contribution in [0, 0.1) is 44.5 Å². The van der Waals surface area contributed by atoms with Gasteiger partial charge in [-0.1, -0.05) is 13.8 Å². The standard InChI is InChI=1S/C3H7N.C3H5.C2H6.U.V/c1-3-4-2;1-2-3-1;1-2;;/h1,3H2,2H3;1H,2-3H2;1-2H3;;/q-2;-1;;;+2. The molecule has 1 rings (SSSR count). The van der Waals surface area contributed by atoms with E-state index in [2.05, 4.69) is 18.7 Å².